The normalized spacial score (nSPS) is 10.3. The first-order valence-corrected chi connectivity index (χ1v) is 7.17. The Balaban J connectivity index is 1.85. The zero-order valence-corrected chi connectivity index (χ0v) is 13.1. The molecule has 0 aliphatic rings. The van der Waals surface area contributed by atoms with Crippen LogP contribution in [0.5, 0.6) is 5.75 Å². The fourth-order valence-corrected chi connectivity index (χ4v) is 1.85. The van der Waals surface area contributed by atoms with Crippen molar-refractivity contribution < 1.29 is 37.0 Å². The van der Waals surface area contributed by atoms with Crippen LogP contribution in [0.15, 0.2) is 48.5 Å². The molecule has 0 bridgehead atoms. The van der Waals surface area contributed by atoms with Crippen LogP contribution in [0.2, 0.25) is 0 Å². The molecule has 2 rings (SSSR count). The molecule has 2 amide bonds. The van der Waals surface area contributed by atoms with Crippen LogP contribution in [-0.4, -0.2) is 31.0 Å². The number of rotatable bonds is 6. The minimum Gasteiger partial charge on any atom is -0.452 e. The maximum atomic E-state index is 13.0. The summed E-state index contributed by atoms with van der Waals surface area (Å²) in [6, 6.07) is 9.31. The highest BCUT2D eigenvalue weighted by Crippen LogP contribution is 2.14. The van der Waals surface area contributed by atoms with Gasteiger partial charge in [-0.1, -0.05) is 6.07 Å². The summed E-state index contributed by atoms with van der Waals surface area (Å²) >= 11 is 0. The number of benzene rings is 2. The third-order valence-electron chi connectivity index (χ3n) is 2.99. The van der Waals surface area contributed by atoms with Crippen LogP contribution in [-0.2, 0) is 9.53 Å². The van der Waals surface area contributed by atoms with Crippen molar-refractivity contribution in [1.82, 2.24) is 5.32 Å². The number of esters is 1. The number of ether oxygens (including phenoxy) is 2. The third kappa shape index (κ3) is 5.62. The first-order valence-electron chi connectivity index (χ1n) is 7.17. The van der Waals surface area contributed by atoms with Crippen molar-refractivity contribution in [2.24, 2.45) is 0 Å². The second kappa shape index (κ2) is 8.65. The van der Waals surface area contributed by atoms with Crippen LogP contribution < -0.4 is 10.1 Å². The molecule has 0 aliphatic carbocycles. The summed E-state index contributed by atoms with van der Waals surface area (Å²) in [5, 5.41) is 1.96. The average molecular weight is 367 g/mol. The van der Waals surface area contributed by atoms with Crippen LogP contribution in [0.25, 0.3) is 0 Å². The number of nitrogens with one attached hydrogen (secondary N) is 1. The Hall–Kier alpha value is -3.36. The summed E-state index contributed by atoms with van der Waals surface area (Å²) in [5.74, 6) is -3.45. The van der Waals surface area contributed by atoms with Gasteiger partial charge in [-0.25, -0.2) is 9.18 Å². The van der Waals surface area contributed by atoms with Crippen LogP contribution in [0.1, 0.15) is 20.7 Å². The Labute approximate surface area is 145 Å². The van der Waals surface area contributed by atoms with Crippen LogP contribution in [0.4, 0.5) is 13.2 Å². The van der Waals surface area contributed by atoms with E-state index in [4.69, 9.17) is 0 Å². The lowest BCUT2D eigenvalue weighted by Gasteiger charge is -2.07. The molecule has 0 saturated carbocycles. The van der Waals surface area contributed by atoms with Gasteiger partial charge in [0.25, 0.3) is 11.8 Å². The van der Waals surface area contributed by atoms with Crippen molar-refractivity contribution in [1.29, 1.82) is 0 Å². The lowest BCUT2D eigenvalue weighted by molar-refractivity contribution is -0.123. The number of hydrogen-bond donors (Lipinski definition) is 1. The fraction of sp³-hybridized carbons (Fsp3) is 0.118. The van der Waals surface area contributed by atoms with Crippen molar-refractivity contribution in [3.8, 4) is 5.75 Å². The zero-order chi connectivity index (χ0) is 19.1. The van der Waals surface area contributed by atoms with E-state index in [2.05, 4.69) is 9.47 Å². The molecule has 0 atom stereocenters. The summed E-state index contributed by atoms with van der Waals surface area (Å²) in [6.45, 7) is -3.75. The van der Waals surface area contributed by atoms with Gasteiger partial charge >= 0.3 is 12.6 Å². The number of amides is 2. The molecule has 0 spiro atoms. The lowest BCUT2D eigenvalue weighted by Crippen LogP contribution is -2.34. The predicted octanol–water partition coefficient (Wildman–Crippen LogP) is 2.54. The van der Waals surface area contributed by atoms with Crippen molar-refractivity contribution in [2.45, 2.75) is 6.61 Å². The fourth-order valence-electron chi connectivity index (χ4n) is 1.85. The number of halogens is 3. The molecule has 1 N–H and O–H groups in total. The molecular weight excluding hydrogens is 355 g/mol. The third-order valence-corrected chi connectivity index (χ3v) is 2.99. The molecule has 9 heteroatoms. The van der Waals surface area contributed by atoms with Gasteiger partial charge < -0.3 is 9.47 Å². The van der Waals surface area contributed by atoms with Crippen molar-refractivity contribution in [3.63, 3.8) is 0 Å². The van der Waals surface area contributed by atoms with E-state index in [1.165, 1.54) is 24.3 Å². The second-order valence-corrected chi connectivity index (χ2v) is 4.87. The van der Waals surface area contributed by atoms with Crippen molar-refractivity contribution in [2.75, 3.05) is 6.61 Å². The van der Waals surface area contributed by atoms with Crippen LogP contribution in [0.3, 0.4) is 0 Å². The van der Waals surface area contributed by atoms with Crippen molar-refractivity contribution >= 4 is 17.8 Å². The zero-order valence-electron chi connectivity index (χ0n) is 13.1. The Morgan fingerprint density at radius 3 is 2.31 bits per heavy atom. The largest absolute Gasteiger partial charge is 0.452 e. The molecule has 0 aromatic heterocycles. The topological polar surface area (TPSA) is 81.7 Å². The molecule has 136 valence electrons. The Morgan fingerprint density at radius 1 is 1.00 bits per heavy atom. The van der Waals surface area contributed by atoms with E-state index in [0.29, 0.717) is 0 Å². The van der Waals surface area contributed by atoms with Gasteiger partial charge in [0, 0.05) is 5.56 Å². The van der Waals surface area contributed by atoms with Crippen LogP contribution in [0, 0.1) is 5.82 Å². The number of hydrogen-bond acceptors (Lipinski definition) is 5. The van der Waals surface area contributed by atoms with E-state index in [9.17, 15) is 27.6 Å². The number of imide groups is 1. The quantitative estimate of drug-likeness (QED) is 0.794. The summed E-state index contributed by atoms with van der Waals surface area (Å²) in [4.78, 5) is 35.1. The van der Waals surface area contributed by atoms with Gasteiger partial charge in [-0.05, 0) is 42.5 Å². The number of alkyl halides is 2. The van der Waals surface area contributed by atoms with E-state index in [-0.39, 0.29) is 16.9 Å². The molecule has 26 heavy (non-hydrogen) atoms. The average Bonchev–Trinajstić information content (AvgIpc) is 2.59. The second-order valence-electron chi connectivity index (χ2n) is 4.87. The summed E-state index contributed by atoms with van der Waals surface area (Å²) < 4.78 is 45.9. The molecule has 2 aromatic carbocycles. The van der Waals surface area contributed by atoms with Gasteiger partial charge in [0.15, 0.2) is 6.61 Å². The molecule has 0 radical (unpaired) electrons. The monoisotopic (exact) mass is 367 g/mol. The molecule has 6 nitrogen and oxygen atoms in total. The summed E-state index contributed by atoms with van der Waals surface area (Å²) in [7, 11) is 0. The number of carbonyl (C=O) groups is 3. The van der Waals surface area contributed by atoms with Crippen LogP contribution >= 0.6 is 0 Å². The minimum absolute atomic E-state index is 0.0106. The Kier molecular flexibility index (Phi) is 6.31. The van der Waals surface area contributed by atoms with Crippen molar-refractivity contribution in [3.05, 3.63) is 65.5 Å². The van der Waals surface area contributed by atoms with E-state index in [0.717, 1.165) is 24.3 Å². The maximum absolute atomic E-state index is 13.0. The smallest absolute Gasteiger partial charge is 0.387 e. The van der Waals surface area contributed by atoms with Gasteiger partial charge in [0.05, 0.1) is 5.56 Å². The van der Waals surface area contributed by atoms with Gasteiger partial charge in [-0.3, -0.25) is 14.9 Å². The molecule has 0 fully saturated rings. The van der Waals surface area contributed by atoms with Gasteiger partial charge in [-0.2, -0.15) is 8.78 Å². The minimum atomic E-state index is -3.00. The molecular formula is C17H12F3NO5. The molecule has 2 aromatic rings. The highest BCUT2D eigenvalue weighted by atomic mass is 19.3. The van der Waals surface area contributed by atoms with E-state index in [1.807, 2.05) is 5.32 Å². The molecule has 0 unspecified atom stereocenters. The first kappa shape index (κ1) is 19.0. The molecule has 0 heterocycles. The number of carbonyl (C=O) groups excluding carboxylic acids is 3. The maximum Gasteiger partial charge on any atom is 0.387 e. The molecule has 0 saturated heterocycles. The highest BCUT2D eigenvalue weighted by Gasteiger charge is 2.14. The van der Waals surface area contributed by atoms with Gasteiger partial charge in [0.1, 0.15) is 11.6 Å². The first-order chi connectivity index (χ1) is 12.3. The lowest BCUT2D eigenvalue weighted by atomic mass is 10.2. The SMILES string of the molecule is O=C(COC(=O)c1cccc(F)c1)NC(=O)c1ccc(OC(F)F)cc1. The summed E-state index contributed by atoms with van der Waals surface area (Å²) in [5.41, 5.74) is -0.0739. The predicted molar refractivity (Wildman–Crippen MR) is 82.2 cm³/mol. The van der Waals surface area contributed by atoms with Gasteiger partial charge in [0.2, 0.25) is 0 Å². The van der Waals surface area contributed by atoms with E-state index < -0.39 is 36.8 Å². The van der Waals surface area contributed by atoms with Gasteiger partial charge in [-0.15, -0.1) is 0 Å². The Morgan fingerprint density at radius 2 is 1.69 bits per heavy atom. The standard InChI is InChI=1S/C17H12F3NO5/c18-12-3-1-2-11(8-12)16(24)25-9-14(22)21-15(23)10-4-6-13(7-5-10)26-17(19)20/h1-8,17H,9H2,(H,21,22,23). The van der Waals surface area contributed by atoms with E-state index >= 15 is 0 Å². The van der Waals surface area contributed by atoms with E-state index in [1.54, 1.807) is 0 Å². The summed E-state index contributed by atoms with van der Waals surface area (Å²) in [6.07, 6.45) is 0. The highest BCUT2D eigenvalue weighted by molar-refractivity contribution is 6.05. The molecule has 0 aliphatic heterocycles. The Bertz CT molecular complexity index is 808.